The highest BCUT2D eigenvalue weighted by atomic mass is 32.2. The Hall–Kier alpha value is -1.04. The average molecular weight is 278 g/mol. The molecular weight excluding hydrogens is 260 g/mol. The molecule has 0 aromatic heterocycles. The average Bonchev–Trinajstić information content (AvgIpc) is 2.88. The number of nitrogens with two attached hydrogens (primary N) is 1. The van der Waals surface area contributed by atoms with Gasteiger partial charge in [-0.05, 0) is 18.6 Å². The van der Waals surface area contributed by atoms with Crippen LogP contribution >= 0.6 is 11.8 Å². The first-order valence-electron chi connectivity index (χ1n) is 6.60. The molecule has 4 atom stereocenters. The summed E-state index contributed by atoms with van der Waals surface area (Å²) in [7, 11) is 0. The minimum Gasteiger partial charge on any atom is -0.376 e. The van der Waals surface area contributed by atoms with Gasteiger partial charge in [0.05, 0.1) is 17.9 Å². The summed E-state index contributed by atoms with van der Waals surface area (Å²) < 4.78 is 5.60. The summed E-state index contributed by atoms with van der Waals surface area (Å²) in [6.45, 7) is 0.772. The van der Waals surface area contributed by atoms with Gasteiger partial charge in [0, 0.05) is 23.5 Å². The van der Waals surface area contributed by atoms with Gasteiger partial charge in [-0.15, -0.1) is 11.8 Å². The van der Waals surface area contributed by atoms with Crippen LogP contribution in [0.4, 0.5) is 0 Å². The van der Waals surface area contributed by atoms with E-state index in [0.717, 1.165) is 17.9 Å². The number of hydrogen-bond acceptors (Lipinski definition) is 4. The van der Waals surface area contributed by atoms with Crippen LogP contribution in [0.15, 0.2) is 35.2 Å². The Labute approximate surface area is 117 Å². The Morgan fingerprint density at radius 3 is 3.00 bits per heavy atom. The van der Waals surface area contributed by atoms with Crippen molar-refractivity contribution in [3.63, 3.8) is 0 Å². The number of nitrogens with one attached hydrogen (secondary N) is 1. The monoisotopic (exact) mass is 278 g/mol. The molecule has 5 heteroatoms. The summed E-state index contributed by atoms with van der Waals surface area (Å²) in [6, 6.07) is 9.97. The Bertz CT molecular complexity index is 454. The van der Waals surface area contributed by atoms with Crippen LogP contribution in [-0.4, -0.2) is 36.5 Å². The number of carbonyl (C=O) groups excluding carboxylic acids is 1. The number of ether oxygens (including phenoxy) is 1. The van der Waals surface area contributed by atoms with Crippen molar-refractivity contribution < 1.29 is 9.53 Å². The molecule has 1 saturated heterocycles. The molecule has 0 unspecified atom stereocenters. The van der Waals surface area contributed by atoms with Gasteiger partial charge in [-0.25, -0.2) is 0 Å². The maximum atomic E-state index is 11.9. The number of fused-ring (bicyclic) bond motifs is 1. The van der Waals surface area contributed by atoms with E-state index in [9.17, 15) is 4.79 Å². The molecule has 3 N–H and O–H groups in total. The van der Waals surface area contributed by atoms with Gasteiger partial charge < -0.3 is 15.8 Å². The topological polar surface area (TPSA) is 64.3 Å². The third-order valence-electron chi connectivity index (χ3n) is 3.89. The molecule has 1 aromatic carbocycles. The zero-order chi connectivity index (χ0) is 13.2. The molecule has 0 spiro atoms. The second-order valence-electron chi connectivity index (χ2n) is 5.06. The van der Waals surface area contributed by atoms with Crippen LogP contribution in [0, 0.1) is 5.92 Å². The lowest BCUT2D eigenvalue weighted by molar-refractivity contribution is -0.123. The summed E-state index contributed by atoms with van der Waals surface area (Å²) in [5, 5.41) is 3.00. The fourth-order valence-electron chi connectivity index (χ4n) is 2.82. The number of thioether (sulfide) groups is 1. The molecule has 1 amide bonds. The van der Waals surface area contributed by atoms with Crippen molar-refractivity contribution in [1.29, 1.82) is 0 Å². The highest BCUT2D eigenvalue weighted by Gasteiger charge is 2.52. The van der Waals surface area contributed by atoms with Crippen LogP contribution in [0.25, 0.3) is 0 Å². The van der Waals surface area contributed by atoms with Crippen LogP contribution in [0.2, 0.25) is 0 Å². The van der Waals surface area contributed by atoms with Crippen molar-refractivity contribution >= 4 is 17.7 Å². The van der Waals surface area contributed by atoms with Crippen LogP contribution in [0.5, 0.6) is 0 Å². The van der Waals surface area contributed by atoms with E-state index >= 15 is 0 Å². The normalized spacial score (nSPS) is 32.5. The zero-order valence-corrected chi connectivity index (χ0v) is 11.4. The van der Waals surface area contributed by atoms with Crippen molar-refractivity contribution in [2.75, 3.05) is 12.4 Å². The molecule has 102 valence electrons. The molecule has 3 rings (SSSR count). The van der Waals surface area contributed by atoms with Crippen molar-refractivity contribution in [1.82, 2.24) is 5.32 Å². The molecule has 2 aliphatic rings. The molecule has 1 saturated carbocycles. The van der Waals surface area contributed by atoms with Crippen molar-refractivity contribution in [3.05, 3.63) is 30.3 Å². The van der Waals surface area contributed by atoms with Gasteiger partial charge in [0.15, 0.2) is 0 Å². The highest BCUT2D eigenvalue weighted by molar-refractivity contribution is 8.00. The third kappa shape index (κ3) is 2.63. The molecule has 19 heavy (non-hydrogen) atoms. The smallest absolute Gasteiger partial charge is 0.230 e. The number of benzene rings is 1. The predicted molar refractivity (Wildman–Crippen MR) is 74.9 cm³/mol. The first-order valence-corrected chi connectivity index (χ1v) is 7.58. The summed E-state index contributed by atoms with van der Waals surface area (Å²) in [4.78, 5) is 13.0. The van der Waals surface area contributed by atoms with E-state index in [1.165, 1.54) is 11.8 Å². The zero-order valence-electron chi connectivity index (χ0n) is 10.6. The lowest BCUT2D eigenvalue weighted by Gasteiger charge is -2.45. The second kappa shape index (κ2) is 5.53. The fraction of sp³-hybridized carbons (Fsp3) is 0.500. The van der Waals surface area contributed by atoms with Crippen LogP contribution < -0.4 is 11.1 Å². The summed E-state index contributed by atoms with van der Waals surface area (Å²) in [6.07, 6.45) is 1.16. The quantitative estimate of drug-likeness (QED) is 0.807. The summed E-state index contributed by atoms with van der Waals surface area (Å²) in [5.74, 6) is 0.889. The Morgan fingerprint density at radius 2 is 2.21 bits per heavy atom. The van der Waals surface area contributed by atoms with Crippen LogP contribution in [0.3, 0.4) is 0 Å². The largest absolute Gasteiger partial charge is 0.376 e. The summed E-state index contributed by atoms with van der Waals surface area (Å²) in [5.41, 5.74) is 6.06. The Balaban J connectivity index is 1.47. The van der Waals surface area contributed by atoms with Gasteiger partial charge in [-0.1, -0.05) is 18.2 Å². The maximum Gasteiger partial charge on any atom is 0.230 e. The van der Waals surface area contributed by atoms with Gasteiger partial charge in [-0.3, -0.25) is 4.79 Å². The molecule has 0 radical (unpaired) electrons. The number of hydrogen-bond donors (Lipinski definition) is 2. The Morgan fingerprint density at radius 1 is 1.42 bits per heavy atom. The van der Waals surface area contributed by atoms with Crippen molar-refractivity contribution in [2.24, 2.45) is 11.7 Å². The minimum absolute atomic E-state index is 0.00336. The standard InChI is InChI=1S/C14H18N2O2S/c15-12-10-6-7-18-14(10)13(12)16-11(17)8-19-9-4-2-1-3-5-9/h1-5,10,12-14H,6-8,15H2,(H,16,17)/t10-,12+,13-,14-/m1/s1. The van der Waals surface area contributed by atoms with Gasteiger partial charge in [0.25, 0.3) is 0 Å². The molecular formula is C14H18N2O2S. The molecule has 1 heterocycles. The third-order valence-corrected chi connectivity index (χ3v) is 4.90. The molecule has 2 fully saturated rings. The van der Waals surface area contributed by atoms with Gasteiger partial charge >= 0.3 is 0 Å². The van der Waals surface area contributed by atoms with Crippen molar-refractivity contribution in [2.45, 2.75) is 29.5 Å². The molecule has 0 bridgehead atoms. The van der Waals surface area contributed by atoms with E-state index in [-0.39, 0.29) is 24.1 Å². The lowest BCUT2D eigenvalue weighted by atomic mass is 9.72. The fourth-order valence-corrected chi connectivity index (χ4v) is 3.55. The van der Waals surface area contributed by atoms with Crippen LogP contribution in [0.1, 0.15) is 6.42 Å². The second-order valence-corrected chi connectivity index (χ2v) is 6.11. The SMILES string of the molecule is N[C@H]1[C@H]2CCO[C@H]2[C@@H]1NC(=O)CSc1ccccc1. The van der Waals surface area contributed by atoms with E-state index in [4.69, 9.17) is 10.5 Å². The molecule has 1 aliphatic carbocycles. The van der Waals surface area contributed by atoms with E-state index in [0.29, 0.717) is 11.7 Å². The number of amides is 1. The predicted octanol–water partition coefficient (Wildman–Crippen LogP) is 1.01. The molecule has 4 nitrogen and oxygen atoms in total. The lowest BCUT2D eigenvalue weighted by Crippen LogP contribution is -2.69. The van der Waals surface area contributed by atoms with Crippen LogP contribution in [-0.2, 0) is 9.53 Å². The first-order chi connectivity index (χ1) is 9.25. The van der Waals surface area contributed by atoms with Gasteiger partial charge in [0.2, 0.25) is 5.91 Å². The van der Waals surface area contributed by atoms with Crippen molar-refractivity contribution in [3.8, 4) is 0 Å². The molecule has 1 aliphatic heterocycles. The summed E-state index contributed by atoms with van der Waals surface area (Å²) >= 11 is 1.54. The van der Waals surface area contributed by atoms with E-state index in [1.54, 1.807) is 0 Å². The van der Waals surface area contributed by atoms with E-state index in [1.807, 2.05) is 30.3 Å². The number of rotatable bonds is 4. The van der Waals surface area contributed by atoms with Gasteiger partial charge in [0.1, 0.15) is 0 Å². The first kappa shape index (κ1) is 13.0. The highest BCUT2D eigenvalue weighted by Crippen LogP contribution is 2.37. The van der Waals surface area contributed by atoms with E-state index in [2.05, 4.69) is 5.32 Å². The van der Waals surface area contributed by atoms with Gasteiger partial charge in [-0.2, -0.15) is 0 Å². The number of carbonyl (C=O) groups is 1. The van der Waals surface area contributed by atoms with E-state index < -0.39 is 0 Å². The molecule has 1 aromatic rings. The maximum absolute atomic E-state index is 11.9. The Kier molecular flexibility index (Phi) is 3.77. The minimum atomic E-state index is -0.00336.